The van der Waals surface area contributed by atoms with Crippen molar-refractivity contribution in [1.29, 1.82) is 0 Å². The number of rotatable bonds is 5. The van der Waals surface area contributed by atoms with Crippen LogP contribution in [0, 0.1) is 19.8 Å². The average Bonchev–Trinajstić information content (AvgIpc) is 2.90. The summed E-state index contributed by atoms with van der Waals surface area (Å²) in [7, 11) is 0. The molecule has 0 aromatic carbocycles. The average molecular weight is 268 g/mol. The number of ether oxygens (including phenoxy) is 1. The number of carbonyl (C=O) groups is 1. The molecular weight excluding hydrogens is 248 g/mol. The highest BCUT2D eigenvalue weighted by Gasteiger charge is 2.18. The van der Waals surface area contributed by atoms with Crippen molar-refractivity contribution in [2.75, 3.05) is 19.8 Å². The molecule has 0 radical (unpaired) electrons. The summed E-state index contributed by atoms with van der Waals surface area (Å²) >= 11 is 1.72. The molecule has 1 unspecified atom stereocenters. The van der Waals surface area contributed by atoms with Crippen molar-refractivity contribution in [3.05, 3.63) is 15.6 Å². The largest absolute Gasteiger partial charge is 0.381 e. The van der Waals surface area contributed by atoms with Crippen LogP contribution in [-0.4, -0.2) is 30.6 Å². The Morgan fingerprint density at radius 1 is 1.56 bits per heavy atom. The zero-order valence-corrected chi connectivity index (χ0v) is 11.8. The van der Waals surface area contributed by atoms with Gasteiger partial charge in [0.1, 0.15) is 0 Å². The number of hydrogen-bond donors (Lipinski definition) is 1. The minimum absolute atomic E-state index is 0.135. The van der Waals surface area contributed by atoms with Gasteiger partial charge in [-0.2, -0.15) is 0 Å². The van der Waals surface area contributed by atoms with Gasteiger partial charge in [0, 0.05) is 37.5 Å². The van der Waals surface area contributed by atoms with Gasteiger partial charge in [-0.15, -0.1) is 11.3 Å². The van der Waals surface area contributed by atoms with Gasteiger partial charge in [-0.25, -0.2) is 4.98 Å². The Kier molecular flexibility index (Phi) is 4.72. The molecule has 1 amide bonds. The SMILES string of the molecule is Cc1nc(CCNC(=O)CC2CCOC2)sc1C. The van der Waals surface area contributed by atoms with E-state index in [1.807, 2.05) is 6.92 Å². The van der Waals surface area contributed by atoms with Crippen molar-refractivity contribution >= 4 is 17.2 Å². The van der Waals surface area contributed by atoms with Crippen molar-refractivity contribution in [2.45, 2.75) is 33.1 Å². The summed E-state index contributed by atoms with van der Waals surface area (Å²) in [6, 6.07) is 0. The molecule has 0 spiro atoms. The summed E-state index contributed by atoms with van der Waals surface area (Å²) in [6.07, 6.45) is 2.43. The first-order chi connectivity index (χ1) is 8.65. The number of aromatic nitrogens is 1. The van der Waals surface area contributed by atoms with E-state index < -0.39 is 0 Å². The summed E-state index contributed by atoms with van der Waals surface area (Å²) in [5, 5.41) is 4.06. The number of hydrogen-bond acceptors (Lipinski definition) is 4. The molecule has 1 aliphatic rings. The predicted molar refractivity (Wildman–Crippen MR) is 71.8 cm³/mol. The van der Waals surface area contributed by atoms with E-state index in [1.165, 1.54) is 4.88 Å². The van der Waals surface area contributed by atoms with E-state index in [9.17, 15) is 4.79 Å². The van der Waals surface area contributed by atoms with E-state index >= 15 is 0 Å². The number of amides is 1. The summed E-state index contributed by atoms with van der Waals surface area (Å²) < 4.78 is 5.26. The van der Waals surface area contributed by atoms with Crippen LogP contribution in [0.1, 0.15) is 28.4 Å². The van der Waals surface area contributed by atoms with Gasteiger partial charge in [-0.05, 0) is 26.2 Å². The standard InChI is InChI=1S/C13H20N2O2S/c1-9-10(2)18-13(15-9)3-5-14-12(16)7-11-4-6-17-8-11/h11H,3-8H2,1-2H3,(H,14,16). The smallest absolute Gasteiger partial charge is 0.220 e. The molecule has 1 aliphatic heterocycles. The van der Waals surface area contributed by atoms with Crippen LogP contribution >= 0.6 is 11.3 Å². The van der Waals surface area contributed by atoms with Gasteiger partial charge in [0.2, 0.25) is 5.91 Å². The molecule has 0 bridgehead atoms. The Morgan fingerprint density at radius 3 is 3.00 bits per heavy atom. The molecule has 1 fully saturated rings. The Bertz CT molecular complexity index is 392. The molecule has 1 saturated heterocycles. The van der Waals surface area contributed by atoms with Crippen LogP contribution < -0.4 is 5.32 Å². The van der Waals surface area contributed by atoms with E-state index in [1.54, 1.807) is 11.3 Å². The van der Waals surface area contributed by atoms with E-state index in [2.05, 4.69) is 17.2 Å². The van der Waals surface area contributed by atoms with Gasteiger partial charge in [-0.3, -0.25) is 4.79 Å². The number of aryl methyl sites for hydroxylation is 2. The van der Waals surface area contributed by atoms with E-state index in [0.717, 1.165) is 36.8 Å². The Labute approximate surface area is 112 Å². The van der Waals surface area contributed by atoms with Crippen molar-refractivity contribution in [2.24, 2.45) is 5.92 Å². The predicted octanol–water partition coefficient (Wildman–Crippen LogP) is 1.85. The summed E-state index contributed by atoms with van der Waals surface area (Å²) in [5.41, 5.74) is 1.10. The highest BCUT2D eigenvalue weighted by molar-refractivity contribution is 7.11. The molecule has 100 valence electrons. The third-order valence-electron chi connectivity index (χ3n) is 3.23. The third kappa shape index (κ3) is 3.78. The molecule has 1 N–H and O–H groups in total. The summed E-state index contributed by atoms with van der Waals surface area (Å²) in [5.74, 6) is 0.546. The first-order valence-electron chi connectivity index (χ1n) is 6.42. The number of thiazole rings is 1. The fourth-order valence-electron chi connectivity index (χ4n) is 2.03. The molecule has 1 atom stereocenters. The first kappa shape index (κ1) is 13.5. The summed E-state index contributed by atoms with van der Waals surface area (Å²) in [6.45, 7) is 6.32. The quantitative estimate of drug-likeness (QED) is 0.886. The Balaban J connectivity index is 1.66. The normalized spacial score (nSPS) is 19.1. The molecule has 0 aliphatic carbocycles. The topological polar surface area (TPSA) is 51.2 Å². The molecule has 2 rings (SSSR count). The van der Waals surface area contributed by atoms with Gasteiger partial charge in [0.25, 0.3) is 0 Å². The van der Waals surface area contributed by atoms with E-state index in [0.29, 0.717) is 18.9 Å². The fraction of sp³-hybridized carbons (Fsp3) is 0.692. The van der Waals surface area contributed by atoms with Gasteiger partial charge in [-0.1, -0.05) is 0 Å². The van der Waals surface area contributed by atoms with Crippen molar-refractivity contribution in [1.82, 2.24) is 10.3 Å². The second-order valence-corrected chi connectivity index (χ2v) is 6.07. The maximum Gasteiger partial charge on any atom is 0.220 e. The third-order valence-corrected chi connectivity index (χ3v) is 4.36. The molecule has 5 heteroatoms. The minimum atomic E-state index is 0.135. The van der Waals surface area contributed by atoms with E-state index in [4.69, 9.17) is 4.74 Å². The van der Waals surface area contributed by atoms with Crippen LogP contribution in [0.3, 0.4) is 0 Å². The van der Waals surface area contributed by atoms with Crippen molar-refractivity contribution < 1.29 is 9.53 Å². The molecule has 0 saturated carbocycles. The lowest BCUT2D eigenvalue weighted by molar-refractivity contribution is -0.122. The maximum atomic E-state index is 11.7. The Hall–Kier alpha value is -0.940. The number of nitrogens with one attached hydrogen (secondary N) is 1. The number of carbonyl (C=O) groups excluding carboxylic acids is 1. The fourth-order valence-corrected chi connectivity index (χ4v) is 2.97. The summed E-state index contributed by atoms with van der Waals surface area (Å²) in [4.78, 5) is 17.4. The zero-order valence-electron chi connectivity index (χ0n) is 11.0. The van der Waals surface area contributed by atoms with Gasteiger partial charge >= 0.3 is 0 Å². The second-order valence-electron chi connectivity index (χ2n) is 4.78. The van der Waals surface area contributed by atoms with Crippen LogP contribution in [0.15, 0.2) is 0 Å². The monoisotopic (exact) mass is 268 g/mol. The maximum absolute atomic E-state index is 11.7. The molecule has 2 heterocycles. The van der Waals surface area contributed by atoms with Crippen molar-refractivity contribution in [3.63, 3.8) is 0 Å². The lowest BCUT2D eigenvalue weighted by Gasteiger charge is -2.07. The Morgan fingerprint density at radius 2 is 2.39 bits per heavy atom. The molecule has 1 aromatic rings. The van der Waals surface area contributed by atoms with Crippen LogP contribution in [0.25, 0.3) is 0 Å². The van der Waals surface area contributed by atoms with Crippen molar-refractivity contribution in [3.8, 4) is 0 Å². The minimum Gasteiger partial charge on any atom is -0.381 e. The van der Waals surface area contributed by atoms with Gasteiger partial charge in [0.15, 0.2) is 0 Å². The number of nitrogens with zero attached hydrogens (tertiary/aromatic N) is 1. The molecule has 18 heavy (non-hydrogen) atoms. The van der Waals surface area contributed by atoms with Gasteiger partial charge < -0.3 is 10.1 Å². The lowest BCUT2D eigenvalue weighted by Crippen LogP contribution is -2.27. The zero-order chi connectivity index (χ0) is 13.0. The van der Waals surface area contributed by atoms with Gasteiger partial charge in [0.05, 0.1) is 10.7 Å². The lowest BCUT2D eigenvalue weighted by atomic mass is 10.1. The molecule has 4 nitrogen and oxygen atoms in total. The first-order valence-corrected chi connectivity index (χ1v) is 7.24. The van der Waals surface area contributed by atoms with Crippen LogP contribution in [0.4, 0.5) is 0 Å². The second kappa shape index (κ2) is 6.29. The van der Waals surface area contributed by atoms with Crippen LogP contribution in [-0.2, 0) is 16.0 Å². The molecular formula is C13H20N2O2S. The van der Waals surface area contributed by atoms with E-state index in [-0.39, 0.29) is 5.91 Å². The van der Waals surface area contributed by atoms with Crippen LogP contribution in [0.5, 0.6) is 0 Å². The highest BCUT2D eigenvalue weighted by Crippen LogP contribution is 2.17. The molecule has 1 aromatic heterocycles. The van der Waals surface area contributed by atoms with Crippen LogP contribution in [0.2, 0.25) is 0 Å². The highest BCUT2D eigenvalue weighted by atomic mass is 32.1.